The van der Waals surface area contributed by atoms with Gasteiger partial charge in [-0.25, -0.2) is 4.98 Å². The van der Waals surface area contributed by atoms with E-state index in [-0.39, 0.29) is 5.69 Å². The molecule has 0 fully saturated rings. The van der Waals surface area contributed by atoms with Crippen molar-refractivity contribution in [1.82, 2.24) is 4.98 Å². The Kier molecular flexibility index (Phi) is 3.12. The smallest absolute Gasteiger partial charge is 0.295 e. The molecule has 2 aromatic carbocycles. The van der Waals surface area contributed by atoms with Gasteiger partial charge >= 0.3 is 0 Å². The molecule has 3 aromatic rings. The van der Waals surface area contributed by atoms with Gasteiger partial charge in [0.05, 0.1) is 4.92 Å². The Morgan fingerprint density at radius 1 is 1.10 bits per heavy atom. The molecule has 6 nitrogen and oxygen atoms in total. The maximum atomic E-state index is 11.0. The van der Waals surface area contributed by atoms with Crippen LogP contribution in [0.4, 0.5) is 11.4 Å². The number of anilines is 1. The van der Waals surface area contributed by atoms with Crippen LogP contribution in [0.15, 0.2) is 54.7 Å². The van der Waals surface area contributed by atoms with Gasteiger partial charge in [-0.1, -0.05) is 6.07 Å². The summed E-state index contributed by atoms with van der Waals surface area (Å²) < 4.78 is 5.76. The fourth-order valence-electron chi connectivity index (χ4n) is 2.03. The number of nitrogens with zero attached hydrogens (tertiary/aromatic N) is 2. The van der Waals surface area contributed by atoms with Crippen LogP contribution in [0.2, 0.25) is 0 Å². The van der Waals surface area contributed by atoms with E-state index in [2.05, 4.69) is 4.98 Å². The lowest BCUT2D eigenvalue weighted by Gasteiger charge is -2.08. The highest BCUT2D eigenvalue weighted by atomic mass is 16.6. The first-order valence-electron chi connectivity index (χ1n) is 6.20. The number of nitro groups is 1. The fourth-order valence-corrected chi connectivity index (χ4v) is 2.03. The molecule has 0 radical (unpaired) electrons. The number of hydrogen-bond donors (Lipinski definition) is 1. The van der Waals surface area contributed by atoms with Gasteiger partial charge in [0, 0.05) is 23.3 Å². The monoisotopic (exact) mass is 281 g/mol. The van der Waals surface area contributed by atoms with Crippen LogP contribution in [0, 0.1) is 10.1 Å². The van der Waals surface area contributed by atoms with Gasteiger partial charge in [-0.3, -0.25) is 10.1 Å². The Balaban J connectivity index is 2.09. The van der Waals surface area contributed by atoms with E-state index in [9.17, 15) is 10.1 Å². The van der Waals surface area contributed by atoms with Crippen molar-refractivity contribution in [1.29, 1.82) is 0 Å². The van der Waals surface area contributed by atoms with E-state index in [1.807, 2.05) is 0 Å². The standard InChI is InChI=1S/C15H11N3O3/c16-10-4-6-11(7-5-10)21-14-8-9-17-15-12(14)2-1-3-13(15)18(19)20/h1-9H,16H2. The number of non-ortho nitro benzene ring substituents is 1. The van der Waals surface area contributed by atoms with Crippen LogP contribution in [0.1, 0.15) is 0 Å². The van der Waals surface area contributed by atoms with Crippen molar-refractivity contribution in [2.24, 2.45) is 0 Å². The predicted molar refractivity (Wildman–Crippen MR) is 79.3 cm³/mol. The van der Waals surface area contributed by atoms with Crippen molar-refractivity contribution in [3.63, 3.8) is 0 Å². The van der Waals surface area contributed by atoms with Crippen molar-refractivity contribution >= 4 is 22.3 Å². The number of fused-ring (bicyclic) bond motifs is 1. The van der Waals surface area contributed by atoms with Crippen LogP contribution in [-0.2, 0) is 0 Å². The fraction of sp³-hybridized carbons (Fsp3) is 0. The number of aromatic nitrogens is 1. The molecule has 0 spiro atoms. The second-order valence-electron chi connectivity index (χ2n) is 4.41. The molecule has 0 aliphatic carbocycles. The van der Waals surface area contributed by atoms with E-state index < -0.39 is 4.92 Å². The largest absolute Gasteiger partial charge is 0.457 e. The maximum absolute atomic E-state index is 11.0. The van der Waals surface area contributed by atoms with Crippen molar-refractivity contribution < 1.29 is 9.66 Å². The van der Waals surface area contributed by atoms with Crippen molar-refractivity contribution in [2.45, 2.75) is 0 Å². The quantitative estimate of drug-likeness (QED) is 0.450. The third-order valence-corrected chi connectivity index (χ3v) is 3.01. The van der Waals surface area contributed by atoms with Crippen LogP contribution in [-0.4, -0.2) is 9.91 Å². The normalized spacial score (nSPS) is 10.5. The number of ether oxygens (including phenoxy) is 1. The van der Waals surface area contributed by atoms with Gasteiger partial charge in [0.1, 0.15) is 11.5 Å². The molecule has 104 valence electrons. The van der Waals surface area contributed by atoms with E-state index in [1.165, 1.54) is 12.3 Å². The average Bonchev–Trinajstić information content (AvgIpc) is 2.49. The second-order valence-corrected chi connectivity index (χ2v) is 4.41. The summed E-state index contributed by atoms with van der Waals surface area (Å²) in [6, 6.07) is 13.4. The Labute approximate surface area is 119 Å². The molecule has 0 aliphatic heterocycles. The minimum atomic E-state index is -0.456. The van der Waals surface area contributed by atoms with Gasteiger partial charge in [-0.15, -0.1) is 0 Å². The zero-order valence-corrected chi connectivity index (χ0v) is 10.9. The summed E-state index contributed by atoms with van der Waals surface area (Å²) in [7, 11) is 0. The van der Waals surface area contributed by atoms with Gasteiger partial charge in [-0.05, 0) is 36.4 Å². The molecule has 6 heteroatoms. The molecule has 0 atom stereocenters. The highest BCUT2D eigenvalue weighted by molar-refractivity contribution is 5.91. The van der Waals surface area contributed by atoms with Gasteiger partial charge < -0.3 is 10.5 Å². The molecule has 0 unspecified atom stereocenters. The van der Waals surface area contributed by atoms with Crippen molar-refractivity contribution in [2.75, 3.05) is 5.73 Å². The molecule has 0 aliphatic rings. The van der Waals surface area contributed by atoms with E-state index >= 15 is 0 Å². The summed E-state index contributed by atoms with van der Waals surface area (Å²) in [6.45, 7) is 0. The molecule has 2 N–H and O–H groups in total. The molecule has 3 rings (SSSR count). The van der Waals surface area contributed by atoms with Gasteiger partial charge in [0.2, 0.25) is 0 Å². The molecular formula is C15H11N3O3. The van der Waals surface area contributed by atoms with Crippen molar-refractivity contribution in [3.8, 4) is 11.5 Å². The molecule has 0 saturated carbocycles. The zero-order chi connectivity index (χ0) is 14.8. The maximum Gasteiger partial charge on any atom is 0.295 e. The molecule has 21 heavy (non-hydrogen) atoms. The van der Waals surface area contributed by atoms with E-state index in [0.29, 0.717) is 28.1 Å². The third kappa shape index (κ3) is 2.46. The number of nitrogens with two attached hydrogens (primary N) is 1. The first-order valence-corrected chi connectivity index (χ1v) is 6.20. The number of nitrogen functional groups attached to an aromatic ring is 1. The van der Waals surface area contributed by atoms with E-state index in [0.717, 1.165) is 0 Å². The number of pyridine rings is 1. The molecule has 0 saturated heterocycles. The number of rotatable bonds is 3. The Bertz CT molecular complexity index is 816. The van der Waals surface area contributed by atoms with Gasteiger partial charge in [-0.2, -0.15) is 0 Å². The van der Waals surface area contributed by atoms with Crippen LogP contribution in [0.5, 0.6) is 11.5 Å². The van der Waals surface area contributed by atoms with Crippen LogP contribution >= 0.6 is 0 Å². The lowest BCUT2D eigenvalue weighted by molar-refractivity contribution is -0.383. The summed E-state index contributed by atoms with van der Waals surface area (Å²) in [5, 5.41) is 11.6. The highest BCUT2D eigenvalue weighted by Gasteiger charge is 2.15. The van der Waals surface area contributed by atoms with Crippen molar-refractivity contribution in [3.05, 3.63) is 64.8 Å². The van der Waals surface area contributed by atoms with Crippen LogP contribution in [0.3, 0.4) is 0 Å². The Morgan fingerprint density at radius 2 is 1.86 bits per heavy atom. The number of benzene rings is 2. The number of nitro benzene ring substituents is 1. The molecule has 0 bridgehead atoms. The van der Waals surface area contributed by atoms with Gasteiger partial charge in [0.15, 0.2) is 5.52 Å². The lowest BCUT2D eigenvalue weighted by atomic mass is 10.2. The summed E-state index contributed by atoms with van der Waals surface area (Å²) in [6.07, 6.45) is 1.49. The Morgan fingerprint density at radius 3 is 2.57 bits per heavy atom. The summed E-state index contributed by atoms with van der Waals surface area (Å²) in [5.41, 5.74) is 6.52. The van der Waals surface area contributed by atoms with Crippen LogP contribution < -0.4 is 10.5 Å². The SMILES string of the molecule is Nc1ccc(Oc2ccnc3c([N+](=O)[O-])cccc23)cc1. The molecule has 1 aromatic heterocycles. The Hall–Kier alpha value is -3.15. The number of para-hydroxylation sites is 1. The van der Waals surface area contributed by atoms with E-state index in [4.69, 9.17) is 10.5 Å². The number of hydrogen-bond acceptors (Lipinski definition) is 5. The predicted octanol–water partition coefficient (Wildman–Crippen LogP) is 3.52. The first kappa shape index (κ1) is 12.9. The summed E-state index contributed by atoms with van der Waals surface area (Å²) >= 11 is 0. The first-order chi connectivity index (χ1) is 10.1. The lowest BCUT2D eigenvalue weighted by Crippen LogP contribution is -1.93. The zero-order valence-electron chi connectivity index (χ0n) is 10.9. The highest BCUT2D eigenvalue weighted by Crippen LogP contribution is 2.32. The average molecular weight is 281 g/mol. The molecule has 1 heterocycles. The molecule has 0 amide bonds. The summed E-state index contributed by atoms with van der Waals surface area (Å²) in [5.74, 6) is 1.11. The minimum Gasteiger partial charge on any atom is -0.457 e. The second kappa shape index (κ2) is 5.09. The van der Waals surface area contributed by atoms with Gasteiger partial charge in [0.25, 0.3) is 5.69 Å². The molecular weight excluding hydrogens is 270 g/mol. The van der Waals surface area contributed by atoms with E-state index in [1.54, 1.807) is 42.5 Å². The summed E-state index contributed by atoms with van der Waals surface area (Å²) in [4.78, 5) is 14.7. The third-order valence-electron chi connectivity index (χ3n) is 3.01. The minimum absolute atomic E-state index is 0.0461. The van der Waals surface area contributed by atoms with Crippen LogP contribution in [0.25, 0.3) is 10.9 Å². The topological polar surface area (TPSA) is 91.3 Å².